The number of carbonyl (C=O) groups excluding carboxylic acids is 1. The fourth-order valence-electron chi connectivity index (χ4n) is 2.26. The van der Waals surface area contributed by atoms with E-state index in [-0.39, 0.29) is 5.97 Å². The molecule has 0 saturated heterocycles. The fraction of sp³-hybridized carbons (Fsp3) is 0.357. The molecule has 20 heavy (non-hydrogen) atoms. The molecule has 0 fully saturated rings. The summed E-state index contributed by atoms with van der Waals surface area (Å²) in [5, 5.41) is 0.928. The molecule has 0 bridgehead atoms. The molecule has 0 saturated carbocycles. The Morgan fingerprint density at radius 2 is 2.35 bits per heavy atom. The summed E-state index contributed by atoms with van der Waals surface area (Å²) in [4.78, 5) is 22.0. The Balaban J connectivity index is 2.16. The molecule has 1 aliphatic heterocycles. The topological polar surface area (TPSA) is 61.3 Å². The normalized spacial score (nSPS) is 14.6. The van der Waals surface area contributed by atoms with Gasteiger partial charge >= 0.3 is 5.97 Å². The maximum atomic E-state index is 12.0. The molecular formula is C14H14N2O3S. The molecule has 5 nitrogen and oxygen atoms in total. The Kier molecular flexibility index (Phi) is 3.50. The Morgan fingerprint density at radius 3 is 3.05 bits per heavy atom. The monoisotopic (exact) mass is 290 g/mol. The second kappa shape index (κ2) is 5.30. The molecular weight excluding hydrogens is 276 g/mol. The van der Waals surface area contributed by atoms with Crippen molar-refractivity contribution >= 4 is 33.1 Å². The summed E-state index contributed by atoms with van der Waals surface area (Å²) in [7, 11) is 0. The first-order chi connectivity index (χ1) is 9.72. The molecule has 2 aromatic rings. The van der Waals surface area contributed by atoms with Crippen LogP contribution in [0.3, 0.4) is 0 Å². The molecule has 0 atom stereocenters. The number of hydrogen-bond donors (Lipinski definition) is 0. The molecule has 0 amide bonds. The van der Waals surface area contributed by atoms with Gasteiger partial charge in [0.2, 0.25) is 0 Å². The molecule has 0 aromatic carbocycles. The number of ether oxygens (including phenoxy) is 2. The Hall–Kier alpha value is -1.79. The van der Waals surface area contributed by atoms with Crippen LogP contribution in [0.15, 0.2) is 12.4 Å². The van der Waals surface area contributed by atoms with E-state index in [9.17, 15) is 4.79 Å². The van der Waals surface area contributed by atoms with Crippen LogP contribution in [0, 0.1) is 6.92 Å². The molecule has 3 rings (SSSR count). The first-order valence-corrected chi connectivity index (χ1v) is 7.22. The van der Waals surface area contributed by atoms with Crippen molar-refractivity contribution < 1.29 is 14.3 Å². The number of fused-ring (bicyclic) bond motifs is 1. The third-order valence-electron chi connectivity index (χ3n) is 3.20. The van der Waals surface area contributed by atoms with E-state index in [1.807, 2.05) is 13.0 Å². The van der Waals surface area contributed by atoms with Gasteiger partial charge in [0.05, 0.1) is 25.5 Å². The highest BCUT2D eigenvalue weighted by Gasteiger charge is 2.22. The lowest BCUT2D eigenvalue weighted by atomic mass is 10.1. The molecule has 0 spiro atoms. The van der Waals surface area contributed by atoms with Crippen LogP contribution >= 0.6 is 11.3 Å². The summed E-state index contributed by atoms with van der Waals surface area (Å²) in [6, 6.07) is 0. The van der Waals surface area contributed by atoms with Crippen LogP contribution in [-0.2, 0) is 9.47 Å². The second-order valence-corrected chi connectivity index (χ2v) is 5.42. The number of aromatic nitrogens is 2. The van der Waals surface area contributed by atoms with Gasteiger partial charge in [-0.2, -0.15) is 0 Å². The van der Waals surface area contributed by atoms with Gasteiger partial charge in [0.1, 0.15) is 16.0 Å². The third-order valence-corrected chi connectivity index (χ3v) is 4.38. The maximum absolute atomic E-state index is 12.0. The van der Waals surface area contributed by atoms with Gasteiger partial charge < -0.3 is 9.47 Å². The van der Waals surface area contributed by atoms with Crippen molar-refractivity contribution in [2.45, 2.75) is 13.8 Å². The predicted octanol–water partition coefficient (Wildman–Crippen LogP) is 2.59. The second-order valence-electron chi connectivity index (χ2n) is 4.42. The lowest BCUT2D eigenvalue weighted by molar-refractivity contribution is 0.0531. The van der Waals surface area contributed by atoms with Crippen LogP contribution < -0.4 is 0 Å². The van der Waals surface area contributed by atoms with Gasteiger partial charge in [0.25, 0.3) is 0 Å². The standard InChI is InChI=1S/C14H14N2O3S/c1-3-19-14(17)12-8(2)10-11(9-4-5-18-6-9)15-7-16-13(10)20-12/h4,7H,3,5-6H2,1-2H3. The van der Waals surface area contributed by atoms with E-state index in [0.29, 0.717) is 24.7 Å². The van der Waals surface area contributed by atoms with Gasteiger partial charge in [-0.1, -0.05) is 6.08 Å². The average Bonchev–Trinajstić information content (AvgIpc) is 3.07. The Bertz CT molecular complexity index is 706. The number of rotatable bonds is 3. The zero-order valence-electron chi connectivity index (χ0n) is 11.3. The van der Waals surface area contributed by atoms with E-state index in [2.05, 4.69) is 9.97 Å². The average molecular weight is 290 g/mol. The molecule has 0 radical (unpaired) electrons. The maximum Gasteiger partial charge on any atom is 0.348 e. The zero-order chi connectivity index (χ0) is 14.1. The number of esters is 1. The summed E-state index contributed by atoms with van der Waals surface area (Å²) in [6.07, 6.45) is 3.55. The van der Waals surface area contributed by atoms with Crippen LogP contribution in [-0.4, -0.2) is 35.8 Å². The largest absolute Gasteiger partial charge is 0.462 e. The number of carbonyl (C=O) groups is 1. The van der Waals surface area contributed by atoms with Crippen LogP contribution in [0.2, 0.25) is 0 Å². The lowest BCUT2D eigenvalue weighted by Gasteiger charge is -2.03. The molecule has 0 N–H and O–H groups in total. The number of thiophene rings is 1. The number of hydrogen-bond acceptors (Lipinski definition) is 6. The minimum absolute atomic E-state index is 0.296. The zero-order valence-corrected chi connectivity index (χ0v) is 12.1. The first-order valence-electron chi connectivity index (χ1n) is 6.40. The molecule has 1 aliphatic rings. The van der Waals surface area contributed by atoms with Crippen LogP contribution in [0.1, 0.15) is 27.9 Å². The van der Waals surface area contributed by atoms with Gasteiger partial charge in [0, 0.05) is 11.0 Å². The first kappa shape index (κ1) is 13.2. The molecule has 104 valence electrons. The summed E-state index contributed by atoms with van der Waals surface area (Å²) in [6.45, 7) is 5.23. The van der Waals surface area contributed by atoms with Crippen molar-refractivity contribution in [2.24, 2.45) is 0 Å². The van der Waals surface area contributed by atoms with E-state index in [1.54, 1.807) is 6.92 Å². The van der Waals surface area contributed by atoms with Crippen LogP contribution in [0.25, 0.3) is 15.8 Å². The Morgan fingerprint density at radius 1 is 1.50 bits per heavy atom. The van der Waals surface area contributed by atoms with Crippen molar-refractivity contribution in [2.75, 3.05) is 19.8 Å². The smallest absolute Gasteiger partial charge is 0.348 e. The van der Waals surface area contributed by atoms with E-state index in [1.165, 1.54) is 17.7 Å². The predicted molar refractivity (Wildman–Crippen MR) is 76.9 cm³/mol. The Labute approximate surface area is 120 Å². The van der Waals surface area contributed by atoms with Gasteiger partial charge in [-0.25, -0.2) is 14.8 Å². The summed E-state index contributed by atoms with van der Waals surface area (Å²) in [5.74, 6) is -0.296. The van der Waals surface area contributed by atoms with Gasteiger partial charge in [-0.3, -0.25) is 0 Å². The van der Waals surface area contributed by atoms with Gasteiger partial charge in [0.15, 0.2) is 0 Å². The molecule has 0 unspecified atom stereocenters. The molecule has 3 heterocycles. The summed E-state index contributed by atoms with van der Waals surface area (Å²) < 4.78 is 10.4. The quantitative estimate of drug-likeness (QED) is 0.813. The highest BCUT2D eigenvalue weighted by atomic mass is 32.1. The van der Waals surface area contributed by atoms with Gasteiger partial charge in [-0.15, -0.1) is 11.3 Å². The lowest BCUT2D eigenvalue weighted by Crippen LogP contribution is -2.03. The highest BCUT2D eigenvalue weighted by Crippen LogP contribution is 2.34. The van der Waals surface area contributed by atoms with E-state index < -0.39 is 0 Å². The summed E-state index contributed by atoms with van der Waals surface area (Å²) in [5.41, 5.74) is 2.79. The van der Waals surface area contributed by atoms with E-state index in [0.717, 1.165) is 27.0 Å². The fourth-order valence-corrected chi connectivity index (χ4v) is 3.30. The summed E-state index contributed by atoms with van der Waals surface area (Å²) >= 11 is 1.35. The van der Waals surface area contributed by atoms with Crippen LogP contribution in [0.4, 0.5) is 0 Å². The minimum Gasteiger partial charge on any atom is -0.462 e. The van der Waals surface area contributed by atoms with Crippen LogP contribution in [0.5, 0.6) is 0 Å². The van der Waals surface area contributed by atoms with Crippen molar-refractivity contribution in [1.82, 2.24) is 9.97 Å². The minimum atomic E-state index is -0.296. The molecule has 6 heteroatoms. The molecule has 0 aliphatic carbocycles. The number of aryl methyl sites for hydroxylation is 1. The molecule has 2 aromatic heterocycles. The van der Waals surface area contributed by atoms with Crippen molar-refractivity contribution in [3.63, 3.8) is 0 Å². The van der Waals surface area contributed by atoms with Crippen molar-refractivity contribution in [3.8, 4) is 0 Å². The van der Waals surface area contributed by atoms with Crippen molar-refractivity contribution in [1.29, 1.82) is 0 Å². The van der Waals surface area contributed by atoms with E-state index in [4.69, 9.17) is 9.47 Å². The third kappa shape index (κ3) is 2.10. The van der Waals surface area contributed by atoms with Gasteiger partial charge in [-0.05, 0) is 19.4 Å². The van der Waals surface area contributed by atoms with E-state index >= 15 is 0 Å². The number of nitrogens with zero attached hydrogens (tertiary/aromatic N) is 2. The van der Waals surface area contributed by atoms with Crippen molar-refractivity contribution in [3.05, 3.63) is 28.5 Å². The highest BCUT2D eigenvalue weighted by molar-refractivity contribution is 7.20. The SMILES string of the molecule is CCOC(=O)c1sc2ncnc(C3=CCOC3)c2c1C.